The van der Waals surface area contributed by atoms with Crippen LogP contribution in [-0.4, -0.2) is 66.5 Å². The van der Waals surface area contributed by atoms with Crippen LogP contribution in [0.4, 0.5) is 5.69 Å². The highest BCUT2D eigenvalue weighted by Crippen LogP contribution is 2.30. The molecule has 1 aliphatic carbocycles. The molecule has 1 saturated carbocycles. The summed E-state index contributed by atoms with van der Waals surface area (Å²) in [7, 11) is 0. The van der Waals surface area contributed by atoms with Crippen LogP contribution in [0.15, 0.2) is 39.0 Å². The number of benzene rings is 1. The molecule has 4 rings (SSSR count). The predicted molar refractivity (Wildman–Crippen MR) is 129 cm³/mol. The maximum Gasteiger partial charge on any atom is 0.234 e. The summed E-state index contributed by atoms with van der Waals surface area (Å²) >= 11 is 6.71. The lowest BCUT2D eigenvalue weighted by Gasteiger charge is -2.30. The molecule has 0 spiro atoms. The Morgan fingerprint density at radius 2 is 2.21 bits per heavy atom. The number of amidine groups is 1. The van der Waals surface area contributed by atoms with Crippen LogP contribution in [0.3, 0.4) is 0 Å². The molecule has 0 radical (unpaired) electrons. The topological polar surface area (TPSA) is 144 Å². The molecule has 1 amide bonds. The number of hydrogen-bond acceptors (Lipinski definition) is 9. The first-order valence-electron chi connectivity index (χ1n) is 10.7. The van der Waals surface area contributed by atoms with Gasteiger partial charge in [0.15, 0.2) is 5.70 Å². The van der Waals surface area contributed by atoms with Gasteiger partial charge in [-0.3, -0.25) is 30.1 Å². The normalized spacial score (nSPS) is 20.0. The Bertz CT molecular complexity index is 1170. The van der Waals surface area contributed by atoms with E-state index in [1.54, 1.807) is 17.1 Å². The number of rotatable bonds is 6. The molecule has 3 N–H and O–H groups in total. The Balaban J connectivity index is 1.62. The van der Waals surface area contributed by atoms with Gasteiger partial charge in [-0.05, 0) is 37.3 Å². The first-order valence-corrected chi connectivity index (χ1v) is 11.1. The molecule has 0 aromatic heterocycles. The molecule has 1 aromatic rings. The number of nitriles is 2. The van der Waals surface area contributed by atoms with Crippen molar-refractivity contribution in [2.45, 2.75) is 25.4 Å². The number of nitrogens with zero attached hydrogens (tertiary/aromatic N) is 7. The second-order valence-electron chi connectivity index (χ2n) is 8.04. The van der Waals surface area contributed by atoms with Gasteiger partial charge in [-0.1, -0.05) is 11.6 Å². The fourth-order valence-corrected chi connectivity index (χ4v) is 3.80. The number of hydrogen-bond donors (Lipinski definition) is 3. The molecule has 1 aromatic carbocycles. The van der Waals surface area contributed by atoms with Crippen LogP contribution in [-0.2, 0) is 11.3 Å². The lowest BCUT2D eigenvalue weighted by molar-refractivity contribution is -0.124. The van der Waals surface area contributed by atoms with Crippen LogP contribution in [0.5, 0.6) is 0 Å². The third-order valence-corrected chi connectivity index (χ3v) is 5.77. The van der Waals surface area contributed by atoms with E-state index >= 15 is 0 Å². The summed E-state index contributed by atoms with van der Waals surface area (Å²) < 4.78 is 0. The molecular formula is C22H23ClN10O. The van der Waals surface area contributed by atoms with E-state index < -0.39 is 0 Å². The minimum atomic E-state index is -0.0455. The SMILES string of the molecule is C=N/C=C(/C#N)N1CC(=NC2CC2)N=C(Nc2cc(C#N)cc(CN3CCNC(=O)C3)c2Cl)N1. The monoisotopic (exact) mass is 478 g/mol. The summed E-state index contributed by atoms with van der Waals surface area (Å²) in [6, 6.07) is 7.82. The molecule has 3 aliphatic rings. The number of piperazine rings is 1. The minimum Gasteiger partial charge on any atom is -0.354 e. The minimum absolute atomic E-state index is 0.0455. The number of anilines is 1. The van der Waals surface area contributed by atoms with E-state index in [1.807, 2.05) is 4.90 Å². The molecule has 0 unspecified atom stereocenters. The zero-order chi connectivity index (χ0) is 24.1. The van der Waals surface area contributed by atoms with Gasteiger partial charge < -0.3 is 10.6 Å². The molecule has 2 fully saturated rings. The molecule has 0 bridgehead atoms. The van der Waals surface area contributed by atoms with Crippen LogP contribution >= 0.6 is 11.6 Å². The van der Waals surface area contributed by atoms with E-state index in [-0.39, 0.29) is 30.7 Å². The average Bonchev–Trinajstić information content (AvgIpc) is 3.63. The van der Waals surface area contributed by atoms with Gasteiger partial charge in [-0.15, -0.1) is 0 Å². The van der Waals surface area contributed by atoms with Crippen molar-refractivity contribution in [1.29, 1.82) is 10.5 Å². The first-order chi connectivity index (χ1) is 16.5. The van der Waals surface area contributed by atoms with Crippen LogP contribution in [0.25, 0.3) is 0 Å². The number of aliphatic imine (C=N–C) groups is 3. The highest BCUT2D eigenvalue weighted by atomic mass is 35.5. The highest BCUT2D eigenvalue weighted by molar-refractivity contribution is 6.34. The Morgan fingerprint density at radius 3 is 2.88 bits per heavy atom. The predicted octanol–water partition coefficient (Wildman–Crippen LogP) is 1.36. The van der Waals surface area contributed by atoms with Crippen molar-refractivity contribution in [1.82, 2.24) is 20.7 Å². The van der Waals surface area contributed by atoms with Gasteiger partial charge in [0.25, 0.3) is 0 Å². The van der Waals surface area contributed by atoms with E-state index in [0.29, 0.717) is 53.3 Å². The van der Waals surface area contributed by atoms with Crippen molar-refractivity contribution in [2.75, 3.05) is 31.5 Å². The van der Waals surface area contributed by atoms with E-state index in [9.17, 15) is 15.3 Å². The van der Waals surface area contributed by atoms with Gasteiger partial charge in [0.05, 0.1) is 41.1 Å². The number of halogens is 1. The first kappa shape index (κ1) is 23.2. The third kappa shape index (κ3) is 5.70. The Labute approximate surface area is 202 Å². The van der Waals surface area contributed by atoms with E-state index in [4.69, 9.17) is 11.6 Å². The van der Waals surface area contributed by atoms with Gasteiger partial charge in [0, 0.05) is 19.6 Å². The fraction of sp³-hybridized carbons (Fsp3) is 0.364. The number of hydrazine groups is 1. The van der Waals surface area contributed by atoms with Crippen molar-refractivity contribution in [3.8, 4) is 12.1 Å². The van der Waals surface area contributed by atoms with Crippen molar-refractivity contribution >= 4 is 41.7 Å². The lowest BCUT2D eigenvalue weighted by Crippen LogP contribution is -2.51. The molecule has 12 heteroatoms. The summed E-state index contributed by atoms with van der Waals surface area (Å²) in [5, 5.41) is 27.0. The van der Waals surface area contributed by atoms with Crippen LogP contribution in [0, 0.1) is 22.7 Å². The number of carbonyl (C=O) groups excluding carboxylic acids is 1. The van der Waals surface area contributed by atoms with Crippen LogP contribution in [0.2, 0.25) is 5.02 Å². The maximum absolute atomic E-state index is 11.7. The fourth-order valence-electron chi connectivity index (χ4n) is 3.58. The molecule has 34 heavy (non-hydrogen) atoms. The average molecular weight is 479 g/mol. The summed E-state index contributed by atoms with van der Waals surface area (Å²) in [6.45, 7) is 5.63. The molecule has 0 atom stereocenters. The zero-order valence-electron chi connectivity index (χ0n) is 18.4. The molecule has 2 aliphatic heterocycles. The molecule has 11 nitrogen and oxygen atoms in total. The Kier molecular flexibility index (Phi) is 7.07. The Morgan fingerprint density at radius 1 is 1.38 bits per heavy atom. The van der Waals surface area contributed by atoms with E-state index in [1.165, 1.54) is 6.20 Å². The summed E-state index contributed by atoms with van der Waals surface area (Å²) in [4.78, 5) is 26.6. The molecule has 1 saturated heterocycles. The zero-order valence-corrected chi connectivity index (χ0v) is 19.1. The van der Waals surface area contributed by atoms with Gasteiger partial charge >= 0.3 is 0 Å². The Hall–Kier alpha value is -3.93. The van der Waals surface area contributed by atoms with Gasteiger partial charge in [-0.2, -0.15) is 15.5 Å². The van der Waals surface area contributed by atoms with Gasteiger partial charge in [0.1, 0.15) is 18.4 Å². The summed E-state index contributed by atoms with van der Waals surface area (Å²) in [5.41, 5.74) is 4.89. The second-order valence-corrected chi connectivity index (χ2v) is 8.42. The van der Waals surface area contributed by atoms with Crippen LogP contribution in [0.1, 0.15) is 24.0 Å². The second kappa shape index (κ2) is 10.3. The smallest absolute Gasteiger partial charge is 0.234 e. The van der Waals surface area contributed by atoms with Crippen molar-refractivity contribution in [2.24, 2.45) is 15.0 Å². The number of carbonyl (C=O) groups is 1. The van der Waals surface area contributed by atoms with Gasteiger partial charge in [0.2, 0.25) is 11.9 Å². The maximum atomic E-state index is 11.7. The van der Waals surface area contributed by atoms with Gasteiger partial charge in [-0.25, -0.2) is 0 Å². The number of guanidine groups is 1. The number of allylic oxidation sites excluding steroid dienone is 1. The van der Waals surface area contributed by atoms with E-state index in [2.05, 4.69) is 49.9 Å². The van der Waals surface area contributed by atoms with Crippen molar-refractivity contribution in [3.63, 3.8) is 0 Å². The summed E-state index contributed by atoms with van der Waals surface area (Å²) in [5.74, 6) is 0.813. The van der Waals surface area contributed by atoms with Crippen molar-refractivity contribution in [3.05, 3.63) is 40.2 Å². The number of amides is 1. The van der Waals surface area contributed by atoms with E-state index in [0.717, 1.165) is 12.8 Å². The largest absolute Gasteiger partial charge is 0.354 e. The quantitative estimate of drug-likeness (QED) is 0.413. The molecular weight excluding hydrogens is 456 g/mol. The molecule has 174 valence electrons. The molecule has 2 heterocycles. The summed E-state index contributed by atoms with van der Waals surface area (Å²) in [6.07, 6.45) is 3.37. The van der Waals surface area contributed by atoms with Crippen LogP contribution < -0.4 is 16.1 Å². The number of nitrogens with one attached hydrogen (secondary N) is 3. The highest BCUT2D eigenvalue weighted by Gasteiger charge is 2.26. The third-order valence-electron chi connectivity index (χ3n) is 5.32. The van der Waals surface area contributed by atoms with Crippen molar-refractivity contribution < 1.29 is 4.79 Å². The standard InChI is InChI=1S/C22H23ClN10O/c1-26-10-17(9-25)33-12-19(28-16-2-3-16)30-22(31-33)29-18-7-14(8-24)6-15(21(18)23)11-32-5-4-27-20(34)13-32/h6-7,10,16H,1-5,11-13H2,(H,27,34)(H2,28,29,30,31)/b17-10-. The lowest BCUT2D eigenvalue weighted by atomic mass is 10.1.